The van der Waals surface area contributed by atoms with Crippen LogP contribution in [0, 0.1) is 0 Å². The van der Waals surface area contributed by atoms with Gasteiger partial charge in [0.25, 0.3) is 5.91 Å². The van der Waals surface area contributed by atoms with E-state index in [1.807, 2.05) is 11.8 Å². The first-order chi connectivity index (χ1) is 17.7. The average Bonchev–Trinajstić information content (AvgIpc) is 3.49. The van der Waals surface area contributed by atoms with Crippen molar-refractivity contribution in [2.45, 2.75) is 74.9 Å². The fraction of sp³-hybridized carbons (Fsp3) is 0.826. The molecule has 14 heteroatoms. The number of aliphatic carboxylic acids is 1. The SMILES string of the molecule is CC1(C)O[C@@H](C(=O)O)[C@H](C(=O)NCCOCCOCCNC(=O)CCCC[C@@H]2SC[C@@H]3NC(=O)N[C@@H]32)O1. The van der Waals surface area contributed by atoms with Gasteiger partial charge in [-0.25, -0.2) is 9.59 Å². The first-order valence-corrected chi connectivity index (χ1v) is 13.7. The molecule has 0 bridgehead atoms. The Hall–Kier alpha value is -2.13. The lowest BCUT2D eigenvalue weighted by Gasteiger charge is -2.16. The highest BCUT2D eigenvalue weighted by Gasteiger charge is 2.49. The molecule has 3 heterocycles. The van der Waals surface area contributed by atoms with Gasteiger partial charge in [0.05, 0.1) is 38.5 Å². The Kier molecular flexibility index (Phi) is 11.2. The average molecular weight is 547 g/mol. The number of carbonyl (C=O) groups is 4. The predicted octanol–water partition coefficient (Wildman–Crippen LogP) is -0.417. The lowest BCUT2D eigenvalue weighted by Crippen LogP contribution is -2.44. The maximum atomic E-state index is 12.2. The molecule has 0 aliphatic carbocycles. The van der Waals surface area contributed by atoms with E-state index in [2.05, 4.69) is 21.3 Å². The third-order valence-corrected chi connectivity index (χ3v) is 7.67. The van der Waals surface area contributed by atoms with Crippen LogP contribution in [-0.2, 0) is 33.3 Å². The molecule has 3 saturated heterocycles. The zero-order valence-corrected chi connectivity index (χ0v) is 22.1. The molecule has 3 aliphatic rings. The molecule has 3 aliphatic heterocycles. The first-order valence-electron chi connectivity index (χ1n) is 12.6. The second-order valence-corrected chi connectivity index (χ2v) is 10.8. The Balaban J connectivity index is 1.11. The molecule has 210 valence electrons. The van der Waals surface area contributed by atoms with Crippen LogP contribution < -0.4 is 21.3 Å². The molecule has 0 spiro atoms. The van der Waals surface area contributed by atoms with E-state index < -0.39 is 29.9 Å². The molecule has 13 nitrogen and oxygen atoms in total. The number of thioether (sulfide) groups is 1. The van der Waals surface area contributed by atoms with E-state index in [0.29, 0.717) is 38.0 Å². The van der Waals surface area contributed by atoms with Crippen molar-refractivity contribution in [1.29, 1.82) is 0 Å². The summed E-state index contributed by atoms with van der Waals surface area (Å²) >= 11 is 1.88. The number of nitrogens with one attached hydrogen (secondary N) is 4. The van der Waals surface area contributed by atoms with Crippen LogP contribution in [0.25, 0.3) is 0 Å². The molecule has 0 unspecified atom stereocenters. The molecule has 0 radical (unpaired) electrons. The topological polar surface area (TPSA) is 174 Å². The quantitative estimate of drug-likeness (QED) is 0.126. The van der Waals surface area contributed by atoms with Crippen LogP contribution >= 0.6 is 11.8 Å². The van der Waals surface area contributed by atoms with Crippen molar-refractivity contribution >= 4 is 35.6 Å². The van der Waals surface area contributed by atoms with Crippen LogP contribution in [0.1, 0.15) is 39.5 Å². The maximum Gasteiger partial charge on any atom is 0.336 e. The normalized spacial score (nSPS) is 27.8. The fourth-order valence-corrected chi connectivity index (χ4v) is 5.97. The molecule has 4 amide bonds. The molecule has 0 aromatic heterocycles. The minimum absolute atomic E-state index is 0.00598. The number of carboxylic acid groups (broad SMARTS) is 1. The second-order valence-electron chi connectivity index (χ2n) is 9.55. The number of fused-ring (bicyclic) bond motifs is 1. The smallest absolute Gasteiger partial charge is 0.336 e. The predicted molar refractivity (Wildman–Crippen MR) is 133 cm³/mol. The summed E-state index contributed by atoms with van der Waals surface area (Å²) < 4.78 is 21.4. The van der Waals surface area contributed by atoms with E-state index in [-0.39, 0.29) is 37.2 Å². The van der Waals surface area contributed by atoms with Gasteiger partial charge in [0.2, 0.25) is 5.91 Å². The number of ether oxygens (including phenoxy) is 4. The maximum absolute atomic E-state index is 12.2. The van der Waals surface area contributed by atoms with Gasteiger partial charge in [-0.15, -0.1) is 0 Å². The Labute approximate surface area is 220 Å². The largest absolute Gasteiger partial charge is 0.479 e. The lowest BCUT2D eigenvalue weighted by atomic mass is 10.0. The summed E-state index contributed by atoms with van der Waals surface area (Å²) in [5.74, 6) is -2.04. The molecule has 0 aromatic rings. The fourth-order valence-electron chi connectivity index (χ4n) is 4.43. The van der Waals surface area contributed by atoms with E-state index in [4.69, 9.17) is 18.9 Å². The monoisotopic (exact) mass is 546 g/mol. The number of urea groups is 1. The highest BCUT2D eigenvalue weighted by Crippen LogP contribution is 2.33. The van der Waals surface area contributed by atoms with Crippen molar-refractivity contribution in [1.82, 2.24) is 21.3 Å². The van der Waals surface area contributed by atoms with E-state index in [1.54, 1.807) is 13.8 Å². The van der Waals surface area contributed by atoms with Crippen LogP contribution in [0.3, 0.4) is 0 Å². The molecule has 0 saturated carbocycles. The number of unbranched alkanes of at least 4 members (excludes halogenated alkanes) is 1. The zero-order valence-electron chi connectivity index (χ0n) is 21.3. The van der Waals surface area contributed by atoms with Crippen molar-refractivity contribution in [3.63, 3.8) is 0 Å². The summed E-state index contributed by atoms with van der Waals surface area (Å²) in [7, 11) is 0. The molecule has 0 aromatic carbocycles. The van der Waals surface area contributed by atoms with Crippen LogP contribution in [0.2, 0.25) is 0 Å². The number of hydrogen-bond acceptors (Lipinski definition) is 9. The van der Waals surface area contributed by atoms with Crippen LogP contribution in [0.4, 0.5) is 4.79 Å². The van der Waals surface area contributed by atoms with Crippen molar-refractivity contribution < 1.29 is 43.2 Å². The van der Waals surface area contributed by atoms with Gasteiger partial charge in [-0.05, 0) is 26.7 Å². The molecule has 3 rings (SSSR count). The summed E-state index contributed by atoms with van der Waals surface area (Å²) in [6.07, 6.45) is 0.618. The number of hydrogen-bond donors (Lipinski definition) is 5. The molecule has 37 heavy (non-hydrogen) atoms. The minimum Gasteiger partial charge on any atom is -0.479 e. The summed E-state index contributed by atoms with van der Waals surface area (Å²) in [6.45, 7) is 4.95. The van der Waals surface area contributed by atoms with Gasteiger partial charge in [0, 0.05) is 30.5 Å². The second kappa shape index (κ2) is 14.1. The number of carboxylic acids is 1. The summed E-state index contributed by atoms with van der Waals surface area (Å²) in [4.78, 5) is 46.8. The zero-order chi connectivity index (χ0) is 26.8. The Bertz CT molecular complexity index is 815. The highest BCUT2D eigenvalue weighted by molar-refractivity contribution is 8.00. The summed E-state index contributed by atoms with van der Waals surface area (Å²) in [5, 5.41) is 20.9. The van der Waals surface area contributed by atoms with Gasteiger partial charge in [0.15, 0.2) is 18.0 Å². The molecule has 3 fully saturated rings. The third-order valence-electron chi connectivity index (χ3n) is 6.17. The number of carbonyl (C=O) groups excluding carboxylic acids is 3. The summed E-state index contributed by atoms with van der Waals surface area (Å²) in [6, 6.07) is 0.349. The molecular formula is C23H38N4O9S. The Morgan fingerprint density at radius 2 is 1.70 bits per heavy atom. The van der Waals surface area contributed by atoms with Gasteiger partial charge in [-0.3, -0.25) is 9.59 Å². The van der Waals surface area contributed by atoms with Crippen molar-refractivity contribution in [3.05, 3.63) is 0 Å². The van der Waals surface area contributed by atoms with E-state index in [0.717, 1.165) is 25.0 Å². The molecule has 5 atom stereocenters. The van der Waals surface area contributed by atoms with Gasteiger partial charge < -0.3 is 45.3 Å². The van der Waals surface area contributed by atoms with Crippen molar-refractivity contribution in [3.8, 4) is 0 Å². The number of amides is 4. The van der Waals surface area contributed by atoms with Crippen molar-refractivity contribution in [2.75, 3.05) is 45.3 Å². The van der Waals surface area contributed by atoms with E-state index in [9.17, 15) is 24.3 Å². The third kappa shape index (κ3) is 9.28. The highest BCUT2D eigenvalue weighted by atomic mass is 32.2. The van der Waals surface area contributed by atoms with Crippen LogP contribution in [-0.4, -0.2) is 110 Å². The van der Waals surface area contributed by atoms with Crippen molar-refractivity contribution in [2.24, 2.45) is 0 Å². The standard InChI is InChI=1S/C23H38N4O9S/c1-23(2)35-18(19(36-23)21(30)31)20(29)25-8-10-34-12-11-33-9-7-24-16(28)6-4-3-5-15-17-14(13-37-15)26-22(32)27-17/h14-15,17-19H,3-13H2,1-2H3,(H,24,28)(H,25,29)(H,30,31)(H2,26,27,32)/t14-,15-,17-,18+,19+/m0/s1. The van der Waals surface area contributed by atoms with Crippen LogP contribution in [0.5, 0.6) is 0 Å². The lowest BCUT2D eigenvalue weighted by molar-refractivity contribution is -0.166. The molecule has 5 N–H and O–H groups in total. The van der Waals surface area contributed by atoms with Gasteiger partial charge in [-0.1, -0.05) is 6.42 Å². The minimum atomic E-state index is -1.36. The molecular weight excluding hydrogens is 508 g/mol. The van der Waals surface area contributed by atoms with E-state index >= 15 is 0 Å². The Morgan fingerprint density at radius 3 is 2.41 bits per heavy atom. The van der Waals surface area contributed by atoms with Crippen LogP contribution in [0.15, 0.2) is 0 Å². The van der Waals surface area contributed by atoms with E-state index in [1.165, 1.54) is 0 Å². The van der Waals surface area contributed by atoms with Gasteiger partial charge in [-0.2, -0.15) is 11.8 Å². The van der Waals surface area contributed by atoms with Gasteiger partial charge >= 0.3 is 12.0 Å². The number of rotatable bonds is 16. The first kappa shape index (κ1) is 29.4. The Morgan fingerprint density at radius 1 is 1.03 bits per heavy atom. The summed E-state index contributed by atoms with van der Waals surface area (Å²) in [5.41, 5.74) is 0. The van der Waals surface area contributed by atoms with Gasteiger partial charge in [0.1, 0.15) is 0 Å².